The molecule has 3 rings (SSSR count). The highest BCUT2D eigenvalue weighted by atomic mass is 35.5. The first kappa shape index (κ1) is 25.3. The first-order valence-corrected chi connectivity index (χ1v) is 10.4. The minimum Gasteiger partial charge on any atom is -0.495 e. The van der Waals surface area contributed by atoms with Gasteiger partial charge in [-0.25, -0.2) is 0 Å². The Hall–Kier alpha value is -3.31. The average Bonchev–Trinajstić information content (AvgIpc) is 2.76. The zero-order valence-electron chi connectivity index (χ0n) is 18.5. The Labute approximate surface area is 198 Å². The lowest BCUT2D eigenvalue weighted by Gasteiger charge is -2.34. The van der Waals surface area contributed by atoms with Crippen molar-refractivity contribution in [3.8, 4) is 5.75 Å². The second-order valence-corrected chi connectivity index (χ2v) is 8.12. The Balaban J connectivity index is 1.73. The van der Waals surface area contributed by atoms with Crippen LogP contribution in [0.1, 0.15) is 12.5 Å². The normalized spacial score (nSPS) is 14.4. The number of likely N-dealkylation sites (N-methyl/N-ethyl adjacent to an activating group) is 1. The number of nitrogens with zero attached hydrogens (tertiary/aromatic N) is 2. The molecular weight excluding hydrogens is 477 g/mol. The fourth-order valence-corrected chi connectivity index (χ4v) is 3.58. The molecule has 1 atom stereocenters. The predicted octanol–water partition coefficient (Wildman–Crippen LogP) is 3.61. The van der Waals surface area contributed by atoms with Crippen molar-refractivity contribution in [3.05, 3.63) is 47.0 Å². The van der Waals surface area contributed by atoms with Crippen LogP contribution in [0.4, 0.5) is 30.2 Å². The molecule has 0 saturated heterocycles. The molecule has 0 aromatic heterocycles. The molecule has 2 N–H and O–H groups in total. The maximum Gasteiger partial charge on any atom is 0.416 e. The largest absolute Gasteiger partial charge is 0.495 e. The van der Waals surface area contributed by atoms with Crippen molar-refractivity contribution in [2.75, 3.05) is 42.8 Å². The van der Waals surface area contributed by atoms with Gasteiger partial charge in [0, 0.05) is 5.02 Å². The number of benzene rings is 2. The van der Waals surface area contributed by atoms with Gasteiger partial charge in [0.25, 0.3) is 0 Å². The van der Waals surface area contributed by atoms with Crippen LogP contribution in [0.2, 0.25) is 5.02 Å². The van der Waals surface area contributed by atoms with Crippen molar-refractivity contribution in [1.29, 1.82) is 0 Å². The molecule has 1 heterocycles. The van der Waals surface area contributed by atoms with E-state index in [9.17, 15) is 27.6 Å². The Morgan fingerprint density at radius 3 is 2.62 bits per heavy atom. The lowest BCUT2D eigenvalue weighted by Crippen LogP contribution is -2.51. The maximum absolute atomic E-state index is 13.1. The Kier molecular flexibility index (Phi) is 7.37. The van der Waals surface area contributed by atoms with E-state index in [2.05, 4.69) is 10.6 Å². The molecule has 2 aromatic carbocycles. The highest BCUT2D eigenvalue weighted by Crippen LogP contribution is 2.37. The van der Waals surface area contributed by atoms with Gasteiger partial charge in [0.05, 0.1) is 42.3 Å². The molecule has 12 heteroatoms. The summed E-state index contributed by atoms with van der Waals surface area (Å²) in [4.78, 5) is 40.3. The SMILES string of the molecule is COc1ccc(Cl)cc1NC(=O)CN(C)C(C)C(=O)N1CC(=O)Nc2cc(C(F)(F)F)ccc21. The number of ether oxygens (including phenoxy) is 1. The topological polar surface area (TPSA) is 91.0 Å². The summed E-state index contributed by atoms with van der Waals surface area (Å²) in [7, 11) is 2.98. The third-order valence-electron chi connectivity index (χ3n) is 5.30. The number of hydrogen-bond acceptors (Lipinski definition) is 5. The van der Waals surface area contributed by atoms with Crippen LogP contribution in [0.5, 0.6) is 5.75 Å². The van der Waals surface area contributed by atoms with Crippen LogP contribution in [-0.2, 0) is 20.6 Å². The quantitative estimate of drug-likeness (QED) is 0.635. The van der Waals surface area contributed by atoms with E-state index in [0.29, 0.717) is 16.5 Å². The summed E-state index contributed by atoms with van der Waals surface area (Å²) in [5.74, 6) is -1.22. The van der Waals surface area contributed by atoms with Gasteiger partial charge in [0.1, 0.15) is 12.3 Å². The van der Waals surface area contributed by atoms with E-state index in [1.807, 2.05) is 0 Å². The fourth-order valence-electron chi connectivity index (χ4n) is 3.41. The number of carbonyl (C=O) groups is 3. The van der Waals surface area contributed by atoms with Gasteiger partial charge < -0.3 is 15.4 Å². The molecule has 3 amide bonds. The van der Waals surface area contributed by atoms with Gasteiger partial charge >= 0.3 is 6.18 Å². The van der Waals surface area contributed by atoms with Gasteiger partial charge in [0.2, 0.25) is 17.7 Å². The molecular formula is C22H22ClF3N4O4. The van der Waals surface area contributed by atoms with Gasteiger partial charge in [-0.15, -0.1) is 0 Å². The van der Waals surface area contributed by atoms with E-state index in [1.54, 1.807) is 12.1 Å². The van der Waals surface area contributed by atoms with Gasteiger partial charge in [-0.05, 0) is 50.4 Å². The van der Waals surface area contributed by atoms with Crippen LogP contribution < -0.4 is 20.3 Å². The predicted molar refractivity (Wildman–Crippen MR) is 121 cm³/mol. The molecule has 1 aliphatic rings. The molecule has 0 radical (unpaired) electrons. The van der Waals surface area contributed by atoms with Crippen LogP contribution in [0.15, 0.2) is 36.4 Å². The van der Waals surface area contributed by atoms with Crippen molar-refractivity contribution in [2.24, 2.45) is 0 Å². The Bertz CT molecular complexity index is 1130. The minimum absolute atomic E-state index is 0.111. The summed E-state index contributed by atoms with van der Waals surface area (Å²) >= 11 is 5.97. The second-order valence-electron chi connectivity index (χ2n) is 7.69. The molecule has 2 aromatic rings. The number of hydrogen-bond donors (Lipinski definition) is 2. The number of anilines is 3. The Morgan fingerprint density at radius 2 is 1.97 bits per heavy atom. The average molecular weight is 499 g/mol. The van der Waals surface area contributed by atoms with Crippen molar-refractivity contribution >= 4 is 46.4 Å². The lowest BCUT2D eigenvalue weighted by atomic mass is 10.1. The number of rotatable bonds is 6. The van der Waals surface area contributed by atoms with Gasteiger partial charge in [-0.2, -0.15) is 13.2 Å². The molecule has 0 bridgehead atoms. The summed E-state index contributed by atoms with van der Waals surface area (Å²) in [6, 6.07) is 6.62. The molecule has 0 aliphatic carbocycles. The second kappa shape index (κ2) is 9.90. The lowest BCUT2D eigenvalue weighted by molar-refractivity contribution is -0.137. The van der Waals surface area contributed by atoms with E-state index in [-0.39, 0.29) is 24.5 Å². The number of amides is 3. The van der Waals surface area contributed by atoms with E-state index in [0.717, 1.165) is 23.1 Å². The zero-order valence-corrected chi connectivity index (χ0v) is 19.3. The van der Waals surface area contributed by atoms with Crippen LogP contribution in [0.25, 0.3) is 0 Å². The van der Waals surface area contributed by atoms with E-state index in [1.165, 1.54) is 32.0 Å². The van der Waals surface area contributed by atoms with E-state index < -0.39 is 35.5 Å². The number of nitrogens with one attached hydrogen (secondary N) is 2. The molecule has 0 saturated carbocycles. The fraction of sp³-hybridized carbons (Fsp3) is 0.318. The summed E-state index contributed by atoms with van der Waals surface area (Å²) < 4.78 is 44.3. The minimum atomic E-state index is -4.60. The maximum atomic E-state index is 13.1. The summed E-state index contributed by atoms with van der Waals surface area (Å²) in [6.07, 6.45) is -4.60. The van der Waals surface area contributed by atoms with Crippen molar-refractivity contribution in [1.82, 2.24) is 4.90 Å². The molecule has 0 spiro atoms. The van der Waals surface area contributed by atoms with Crippen LogP contribution >= 0.6 is 11.6 Å². The molecule has 8 nitrogen and oxygen atoms in total. The number of carbonyl (C=O) groups excluding carboxylic acids is 3. The number of methoxy groups -OCH3 is 1. The molecule has 34 heavy (non-hydrogen) atoms. The summed E-state index contributed by atoms with van der Waals surface area (Å²) in [5, 5.41) is 5.42. The van der Waals surface area contributed by atoms with Crippen molar-refractivity contribution < 1.29 is 32.3 Å². The first-order valence-electron chi connectivity index (χ1n) is 10.1. The Morgan fingerprint density at radius 1 is 1.26 bits per heavy atom. The monoisotopic (exact) mass is 498 g/mol. The highest BCUT2D eigenvalue weighted by Gasteiger charge is 2.35. The number of alkyl halides is 3. The van der Waals surface area contributed by atoms with Crippen LogP contribution in [0, 0.1) is 0 Å². The zero-order chi connectivity index (χ0) is 25.2. The van der Waals surface area contributed by atoms with E-state index in [4.69, 9.17) is 16.3 Å². The summed E-state index contributed by atoms with van der Waals surface area (Å²) in [6.45, 7) is 0.982. The number of fused-ring (bicyclic) bond motifs is 1. The number of halogens is 4. The highest BCUT2D eigenvalue weighted by molar-refractivity contribution is 6.31. The third-order valence-corrected chi connectivity index (χ3v) is 5.54. The molecule has 1 unspecified atom stereocenters. The van der Waals surface area contributed by atoms with Crippen molar-refractivity contribution in [2.45, 2.75) is 19.1 Å². The van der Waals surface area contributed by atoms with Gasteiger partial charge in [0.15, 0.2) is 0 Å². The first-order chi connectivity index (χ1) is 15.9. The smallest absolute Gasteiger partial charge is 0.416 e. The van der Waals surface area contributed by atoms with Crippen LogP contribution in [-0.4, -0.2) is 55.9 Å². The molecule has 0 fully saturated rings. The standard InChI is InChI=1S/C22H22ClF3N4O4/c1-12(29(2)10-19(31)28-16-9-14(23)5-7-18(16)34-3)21(33)30-11-20(32)27-15-8-13(22(24,25)26)4-6-17(15)30/h4-9,12H,10-11H2,1-3H3,(H,27,32)(H,28,31). The van der Waals surface area contributed by atoms with Gasteiger partial charge in [-0.1, -0.05) is 11.6 Å². The summed E-state index contributed by atoms with van der Waals surface area (Å²) in [5.41, 5.74) is -0.556. The third kappa shape index (κ3) is 5.60. The molecule has 182 valence electrons. The van der Waals surface area contributed by atoms with Gasteiger partial charge in [-0.3, -0.25) is 24.2 Å². The van der Waals surface area contributed by atoms with Crippen molar-refractivity contribution in [3.63, 3.8) is 0 Å². The van der Waals surface area contributed by atoms with E-state index >= 15 is 0 Å². The van der Waals surface area contributed by atoms with Crippen LogP contribution in [0.3, 0.4) is 0 Å². The molecule has 1 aliphatic heterocycles.